The predicted octanol–water partition coefficient (Wildman–Crippen LogP) is 1.50. The van der Waals surface area contributed by atoms with Gasteiger partial charge in [0.05, 0.1) is 17.9 Å². The number of aromatic nitrogens is 2. The van der Waals surface area contributed by atoms with Crippen molar-refractivity contribution >= 4 is 17.3 Å². The molecule has 6 heteroatoms. The Bertz CT molecular complexity index is 416. The van der Waals surface area contributed by atoms with E-state index in [2.05, 4.69) is 15.7 Å². The van der Waals surface area contributed by atoms with Gasteiger partial charge < -0.3 is 10.6 Å². The maximum absolute atomic E-state index is 11.8. The molecular weight excluding hydrogens is 240 g/mol. The van der Waals surface area contributed by atoms with E-state index in [9.17, 15) is 4.79 Å². The van der Waals surface area contributed by atoms with Crippen LogP contribution in [0.25, 0.3) is 0 Å². The number of halogens is 1. The van der Waals surface area contributed by atoms with Crippen LogP contribution in [0.4, 0.5) is 5.69 Å². The van der Waals surface area contributed by atoms with Gasteiger partial charge in [-0.05, 0) is 20.4 Å². The molecule has 0 amide bonds. The Morgan fingerprint density at radius 1 is 1.47 bits per heavy atom. The Morgan fingerprint density at radius 3 is 2.76 bits per heavy atom. The van der Waals surface area contributed by atoms with E-state index in [1.54, 1.807) is 6.20 Å². The SMILES string of the molecule is CCNCCNc1cnn(C(C)C)c(=O)c1Cl. The van der Waals surface area contributed by atoms with Crippen LogP contribution in [0.2, 0.25) is 5.02 Å². The molecule has 0 saturated heterocycles. The van der Waals surface area contributed by atoms with Gasteiger partial charge in [0.15, 0.2) is 0 Å². The van der Waals surface area contributed by atoms with E-state index in [-0.39, 0.29) is 16.6 Å². The van der Waals surface area contributed by atoms with Crippen molar-refractivity contribution in [3.05, 3.63) is 21.6 Å². The summed E-state index contributed by atoms with van der Waals surface area (Å²) in [7, 11) is 0. The maximum atomic E-state index is 11.8. The molecule has 0 radical (unpaired) electrons. The van der Waals surface area contributed by atoms with Gasteiger partial charge in [0.25, 0.3) is 5.56 Å². The highest BCUT2D eigenvalue weighted by Crippen LogP contribution is 2.15. The van der Waals surface area contributed by atoms with Gasteiger partial charge in [0, 0.05) is 13.1 Å². The Kier molecular flexibility index (Phi) is 5.44. The van der Waals surface area contributed by atoms with E-state index in [4.69, 9.17) is 11.6 Å². The van der Waals surface area contributed by atoms with Crippen LogP contribution in [0.5, 0.6) is 0 Å². The van der Waals surface area contributed by atoms with E-state index in [1.807, 2.05) is 20.8 Å². The van der Waals surface area contributed by atoms with Gasteiger partial charge in [0.1, 0.15) is 5.02 Å². The highest BCUT2D eigenvalue weighted by Gasteiger charge is 2.10. The lowest BCUT2D eigenvalue weighted by atomic mass is 10.4. The Morgan fingerprint density at radius 2 is 2.18 bits per heavy atom. The first-order chi connectivity index (χ1) is 8.07. The first-order valence-electron chi connectivity index (χ1n) is 5.79. The van der Waals surface area contributed by atoms with E-state index in [0.29, 0.717) is 12.2 Å². The molecule has 0 aliphatic heterocycles. The molecule has 0 spiro atoms. The lowest BCUT2D eigenvalue weighted by Crippen LogP contribution is -2.27. The predicted molar refractivity (Wildman–Crippen MR) is 70.9 cm³/mol. The number of hydrogen-bond donors (Lipinski definition) is 2. The number of likely N-dealkylation sites (N-methyl/N-ethyl adjacent to an activating group) is 1. The molecule has 2 N–H and O–H groups in total. The number of nitrogens with one attached hydrogen (secondary N) is 2. The lowest BCUT2D eigenvalue weighted by Gasteiger charge is -2.12. The minimum Gasteiger partial charge on any atom is -0.381 e. The summed E-state index contributed by atoms with van der Waals surface area (Å²) >= 11 is 6.00. The Balaban J connectivity index is 2.75. The van der Waals surface area contributed by atoms with Crippen LogP contribution in [-0.2, 0) is 0 Å². The molecule has 1 rings (SSSR count). The molecule has 1 aromatic heterocycles. The molecule has 0 unspecified atom stereocenters. The van der Waals surface area contributed by atoms with Gasteiger partial charge >= 0.3 is 0 Å². The number of rotatable bonds is 6. The van der Waals surface area contributed by atoms with Crippen LogP contribution >= 0.6 is 11.6 Å². The molecule has 96 valence electrons. The van der Waals surface area contributed by atoms with Crippen LogP contribution in [-0.4, -0.2) is 29.4 Å². The van der Waals surface area contributed by atoms with Crippen LogP contribution in [0, 0.1) is 0 Å². The third kappa shape index (κ3) is 3.71. The van der Waals surface area contributed by atoms with Crippen molar-refractivity contribution in [2.45, 2.75) is 26.8 Å². The van der Waals surface area contributed by atoms with E-state index >= 15 is 0 Å². The summed E-state index contributed by atoms with van der Waals surface area (Å²) in [5, 5.41) is 10.5. The quantitative estimate of drug-likeness (QED) is 0.760. The molecule has 0 saturated carbocycles. The highest BCUT2D eigenvalue weighted by molar-refractivity contribution is 6.32. The second-order valence-electron chi connectivity index (χ2n) is 4.00. The summed E-state index contributed by atoms with van der Waals surface area (Å²) in [4.78, 5) is 11.8. The summed E-state index contributed by atoms with van der Waals surface area (Å²) in [5.41, 5.74) is 0.335. The first kappa shape index (κ1) is 14.0. The van der Waals surface area contributed by atoms with Gasteiger partial charge in [-0.2, -0.15) is 5.10 Å². The fourth-order valence-corrected chi connectivity index (χ4v) is 1.60. The Labute approximate surface area is 106 Å². The van der Waals surface area contributed by atoms with Gasteiger partial charge in [-0.25, -0.2) is 4.68 Å². The summed E-state index contributed by atoms with van der Waals surface area (Å²) in [6.07, 6.45) is 1.59. The zero-order valence-electron chi connectivity index (χ0n) is 10.5. The second kappa shape index (κ2) is 6.61. The summed E-state index contributed by atoms with van der Waals surface area (Å²) < 4.78 is 1.37. The van der Waals surface area contributed by atoms with Crippen LogP contribution < -0.4 is 16.2 Å². The normalized spacial score (nSPS) is 10.9. The number of hydrogen-bond acceptors (Lipinski definition) is 4. The molecule has 0 aliphatic carbocycles. The van der Waals surface area contributed by atoms with Crippen LogP contribution in [0.15, 0.2) is 11.0 Å². The van der Waals surface area contributed by atoms with Crippen molar-refractivity contribution < 1.29 is 0 Å². The molecule has 0 bridgehead atoms. The fraction of sp³-hybridized carbons (Fsp3) is 0.636. The molecular formula is C11H19ClN4O. The molecule has 1 heterocycles. The standard InChI is InChI=1S/C11H19ClN4O/c1-4-13-5-6-14-9-7-15-16(8(2)3)11(17)10(9)12/h7-8,13-14H,4-6H2,1-3H3. The van der Waals surface area contributed by atoms with Crippen molar-refractivity contribution in [1.29, 1.82) is 0 Å². The average Bonchev–Trinajstić information content (AvgIpc) is 2.29. The highest BCUT2D eigenvalue weighted by atomic mass is 35.5. The van der Waals surface area contributed by atoms with Crippen LogP contribution in [0.3, 0.4) is 0 Å². The number of nitrogens with zero attached hydrogens (tertiary/aromatic N) is 2. The molecule has 17 heavy (non-hydrogen) atoms. The van der Waals surface area contributed by atoms with Gasteiger partial charge in [-0.1, -0.05) is 18.5 Å². The maximum Gasteiger partial charge on any atom is 0.287 e. The molecule has 0 aliphatic rings. The zero-order chi connectivity index (χ0) is 12.8. The van der Waals surface area contributed by atoms with Gasteiger partial charge in [-0.15, -0.1) is 0 Å². The summed E-state index contributed by atoms with van der Waals surface area (Å²) in [6, 6.07) is 0.0100. The molecule has 0 atom stereocenters. The lowest BCUT2D eigenvalue weighted by molar-refractivity contribution is 0.503. The summed E-state index contributed by atoms with van der Waals surface area (Å²) in [6.45, 7) is 8.27. The minimum absolute atomic E-state index is 0.0100. The van der Waals surface area contributed by atoms with E-state index in [1.165, 1.54) is 4.68 Å². The summed E-state index contributed by atoms with van der Waals surface area (Å²) in [5.74, 6) is 0. The topological polar surface area (TPSA) is 59.0 Å². The van der Waals surface area contributed by atoms with Gasteiger partial charge in [0.2, 0.25) is 0 Å². The molecule has 1 aromatic rings. The molecule has 0 aromatic carbocycles. The van der Waals surface area contributed by atoms with Crippen molar-refractivity contribution in [2.24, 2.45) is 0 Å². The second-order valence-corrected chi connectivity index (χ2v) is 4.37. The average molecular weight is 259 g/mol. The van der Waals surface area contributed by atoms with Crippen molar-refractivity contribution in [3.8, 4) is 0 Å². The first-order valence-corrected chi connectivity index (χ1v) is 6.17. The zero-order valence-corrected chi connectivity index (χ0v) is 11.2. The Hall–Kier alpha value is -1.07. The molecule has 0 fully saturated rings. The van der Waals surface area contributed by atoms with E-state index in [0.717, 1.165) is 13.1 Å². The van der Waals surface area contributed by atoms with E-state index < -0.39 is 0 Å². The minimum atomic E-state index is -0.255. The smallest absolute Gasteiger partial charge is 0.287 e. The largest absolute Gasteiger partial charge is 0.381 e. The van der Waals surface area contributed by atoms with Crippen molar-refractivity contribution in [3.63, 3.8) is 0 Å². The van der Waals surface area contributed by atoms with Crippen molar-refractivity contribution in [2.75, 3.05) is 25.0 Å². The number of anilines is 1. The molecule has 5 nitrogen and oxygen atoms in total. The van der Waals surface area contributed by atoms with Gasteiger partial charge in [-0.3, -0.25) is 4.79 Å². The third-order valence-electron chi connectivity index (χ3n) is 2.30. The fourth-order valence-electron chi connectivity index (χ4n) is 1.40. The third-order valence-corrected chi connectivity index (χ3v) is 2.67. The van der Waals surface area contributed by atoms with Crippen LogP contribution in [0.1, 0.15) is 26.8 Å². The van der Waals surface area contributed by atoms with Crippen molar-refractivity contribution in [1.82, 2.24) is 15.1 Å². The monoisotopic (exact) mass is 258 g/mol.